The molecule has 0 amide bonds. The Hall–Kier alpha value is -1.24. The number of Topliss-reactive ketones (excluding diaryl/α,β-unsaturated/α-hetero) is 1. The minimum Gasteiger partial charge on any atom is -0.631 e. The predicted octanol–water partition coefficient (Wildman–Crippen LogP) is 3.97. The smallest absolute Gasteiger partial charge is 0.303 e. The molecule has 0 saturated carbocycles. The molecule has 0 unspecified atom stereocenters. The highest BCUT2D eigenvalue weighted by atomic mass is 16.6. The fourth-order valence-electron chi connectivity index (χ4n) is 3.23. The molecule has 0 radical (unpaired) electrons. The van der Waals surface area contributed by atoms with Crippen LogP contribution >= 0.6 is 0 Å². The van der Waals surface area contributed by atoms with Crippen LogP contribution in [0, 0.1) is 0 Å². The van der Waals surface area contributed by atoms with Crippen molar-refractivity contribution in [3.63, 3.8) is 0 Å². The molecule has 3 atom stereocenters. The molecule has 1 aliphatic heterocycles. The average molecular weight is 368 g/mol. The van der Waals surface area contributed by atoms with E-state index in [1.165, 1.54) is 0 Å². The lowest BCUT2D eigenvalue weighted by Gasteiger charge is -2.21. The van der Waals surface area contributed by atoms with Crippen molar-refractivity contribution < 1.29 is 24.5 Å². The fourth-order valence-corrected chi connectivity index (χ4v) is 3.23. The van der Waals surface area contributed by atoms with E-state index in [1.54, 1.807) is 7.05 Å². The van der Waals surface area contributed by atoms with E-state index in [9.17, 15) is 14.7 Å². The highest BCUT2D eigenvalue weighted by Crippen LogP contribution is 2.44. The number of carboxylic acid groups (broad SMARTS) is 1. The number of unbranched alkanes of at least 4 members (excludes halogenated alkanes) is 5. The van der Waals surface area contributed by atoms with Crippen LogP contribution in [0.1, 0.15) is 77.6 Å². The number of ketones is 1. The summed E-state index contributed by atoms with van der Waals surface area (Å²) in [5.41, 5.74) is -0.630. The van der Waals surface area contributed by atoms with E-state index in [4.69, 9.17) is 9.84 Å². The van der Waals surface area contributed by atoms with Crippen LogP contribution in [0.15, 0.2) is 12.2 Å². The molecule has 1 rings (SSSR count). The molecule has 1 aliphatic rings. The van der Waals surface area contributed by atoms with Crippen LogP contribution in [0.5, 0.6) is 0 Å². The summed E-state index contributed by atoms with van der Waals surface area (Å²) in [6.07, 6.45) is 11.1. The number of aliphatic hydroxyl groups excluding tert-OH is 1. The number of nitrogens with zero attached hydrogens (tertiary/aromatic N) is 1. The molecular weight excluding hydrogens is 334 g/mol. The van der Waals surface area contributed by atoms with Gasteiger partial charge in [-0.05, 0) is 32.6 Å². The monoisotopic (exact) mass is 368 g/mol. The van der Waals surface area contributed by atoms with E-state index < -0.39 is 17.8 Å². The Kier molecular flexibility index (Phi) is 10.7. The number of allylic oxidation sites excluding steroid dienone is 1. The lowest BCUT2D eigenvalue weighted by molar-refractivity contribution is -0.137. The average Bonchev–Trinajstić information content (AvgIpc) is 3.32. The normalized spacial score (nSPS) is 23.3. The fraction of sp³-hybridized carbons (Fsp3) is 0.800. The highest BCUT2D eigenvalue weighted by Gasteiger charge is 2.49. The second kappa shape index (κ2) is 12.2. The van der Waals surface area contributed by atoms with Crippen molar-refractivity contribution in [1.82, 2.24) is 0 Å². The molecule has 0 aliphatic carbocycles. The van der Waals surface area contributed by atoms with Gasteiger partial charge >= 0.3 is 5.97 Å². The summed E-state index contributed by atoms with van der Waals surface area (Å²) >= 11 is 0. The Morgan fingerprint density at radius 2 is 1.65 bits per heavy atom. The van der Waals surface area contributed by atoms with Gasteiger partial charge in [0.05, 0.1) is 12.2 Å². The Morgan fingerprint density at radius 3 is 2.19 bits per heavy atom. The maximum Gasteiger partial charge on any atom is 0.303 e. The quantitative estimate of drug-likeness (QED) is 0.244. The van der Waals surface area contributed by atoms with Gasteiger partial charge in [0, 0.05) is 25.0 Å². The first kappa shape index (κ1) is 22.8. The van der Waals surface area contributed by atoms with E-state index in [0.717, 1.165) is 38.5 Å². The Balaban J connectivity index is 1.98. The third-order valence-corrected chi connectivity index (χ3v) is 4.82. The number of epoxide rings is 1. The number of aliphatic hydroxyl groups is 1. The number of rotatable bonds is 16. The molecule has 6 nitrogen and oxygen atoms in total. The first-order chi connectivity index (χ1) is 12.4. The molecule has 6 heteroatoms. The molecule has 0 aromatic carbocycles. The molecule has 0 spiro atoms. The number of ether oxygens (including phenoxy) is 1. The Bertz CT molecular complexity index is 465. The molecule has 0 aromatic heterocycles. The first-order valence-electron chi connectivity index (χ1n) is 9.79. The maximum atomic E-state index is 11.8. The number of carboxylic acids is 1. The number of likely N-dealkylation sites (N-methyl/N-ethyl adjacent to an activating group) is 1. The van der Waals surface area contributed by atoms with Gasteiger partial charge in [0.1, 0.15) is 5.78 Å². The minimum atomic E-state index is -0.754. The maximum absolute atomic E-state index is 11.8. The van der Waals surface area contributed by atoms with Crippen LogP contribution in [-0.4, -0.2) is 46.9 Å². The Morgan fingerprint density at radius 1 is 1.08 bits per heavy atom. The third-order valence-electron chi connectivity index (χ3n) is 4.82. The van der Waals surface area contributed by atoms with Gasteiger partial charge in [-0.2, -0.15) is 7.05 Å². The number of carbonyl (C=O) groups excluding carboxylic acids is 1. The number of carbonyl (C=O) groups is 2. The summed E-state index contributed by atoms with van der Waals surface area (Å²) < 4.78 is 5.55. The molecule has 1 fully saturated rings. The molecule has 1 heterocycles. The molecule has 2 N–H and O–H groups in total. The topological polar surface area (TPSA) is 101 Å². The van der Waals surface area contributed by atoms with Crippen LogP contribution in [-0.2, 0) is 14.3 Å². The third kappa shape index (κ3) is 8.43. The molecule has 1 saturated heterocycles. The molecule has 150 valence electrons. The number of hydrogen-bond acceptors (Lipinski definition) is 4. The van der Waals surface area contributed by atoms with Crippen molar-refractivity contribution in [2.75, 3.05) is 7.05 Å². The van der Waals surface area contributed by atoms with E-state index in [0.29, 0.717) is 25.7 Å². The van der Waals surface area contributed by atoms with E-state index in [1.807, 2.05) is 19.1 Å². The second-order valence-corrected chi connectivity index (χ2v) is 7.03. The predicted molar refractivity (Wildman–Crippen MR) is 101 cm³/mol. The second-order valence-electron chi connectivity index (χ2n) is 7.03. The zero-order valence-corrected chi connectivity index (χ0v) is 16.2. The zero-order chi connectivity index (χ0) is 19.4. The standard InChI is InChI=1S/C20H34NO5/c1-3-15-20(21-2)19(26-20)17(23)13-9-6-8-12-16(22)11-7-4-5-10-14-18(24)25/h3,15,17,19,23H,4-14H2,1-2H3,(H,24,25)/q-1/b15-3+/t17-,19-,20+/m0/s1. The summed E-state index contributed by atoms with van der Waals surface area (Å²) in [5.74, 6) is -0.470. The van der Waals surface area contributed by atoms with Crippen molar-refractivity contribution in [3.8, 4) is 0 Å². The van der Waals surface area contributed by atoms with Gasteiger partial charge in [-0.15, -0.1) is 0 Å². The van der Waals surface area contributed by atoms with Crippen molar-refractivity contribution in [1.29, 1.82) is 0 Å². The molecule has 26 heavy (non-hydrogen) atoms. The van der Waals surface area contributed by atoms with Crippen LogP contribution < -0.4 is 0 Å². The lowest BCUT2D eigenvalue weighted by atomic mass is 10.0. The van der Waals surface area contributed by atoms with Gasteiger partial charge in [-0.25, -0.2) is 0 Å². The lowest BCUT2D eigenvalue weighted by Crippen LogP contribution is -2.22. The van der Waals surface area contributed by atoms with Crippen molar-refractivity contribution in [2.24, 2.45) is 0 Å². The van der Waals surface area contributed by atoms with Crippen LogP contribution in [0.4, 0.5) is 0 Å². The largest absolute Gasteiger partial charge is 0.631 e. The summed E-state index contributed by atoms with van der Waals surface area (Å²) in [4.78, 5) is 22.2. The van der Waals surface area contributed by atoms with Gasteiger partial charge in [-0.1, -0.05) is 37.8 Å². The van der Waals surface area contributed by atoms with Gasteiger partial charge in [-0.3, -0.25) is 9.59 Å². The van der Waals surface area contributed by atoms with Gasteiger partial charge in [0.25, 0.3) is 0 Å². The minimum absolute atomic E-state index is 0.216. The van der Waals surface area contributed by atoms with E-state index in [2.05, 4.69) is 5.32 Å². The van der Waals surface area contributed by atoms with Crippen LogP contribution in [0.2, 0.25) is 0 Å². The summed E-state index contributed by atoms with van der Waals surface area (Å²) in [7, 11) is 1.70. The summed E-state index contributed by atoms with van der Waals surface area (Å²) in [6, 6.07) is 0. The van der Waals surface area contributed by atoms with Gasteiger partial charge in [0.2, 0.25) is 0 Å². The SMILES string of the molecule is C/C=C/[C@@]1([N-]C)O[C@H]1[C@@H](O)CCCCCC(=O)CCCCCCC(=O)O. The Labute approximate surface area is 157 Å². The molecular formula is C20H34NO5-. The summed E-state index contributed by atoms with van der Waals surface area (Å²) in [6.45, 7) is 1.91. The van der Waals surface area contributed by atoms with Gasteiger partial charge in [0.15, 0.2) is 0 Å². The van der Waals surface area contributed by atoms with Crippen molar-refractivity contribution >= 4 is 11.8 Å². The zero-order valence-electron chi connectivity index (χ0n) is 16.2. The van der Waals surface area contributed by atoms with Gasteiger partial charge < -0.3 is 20.3 Å². The van der Waals surface area contributed by atoms with Crippen molar-refractivity contribution in [3.05, 3.63) is 17.5 Å². The first-order valence-corrected chi connectivity index (χ1v) is 9.79. The van der Waals surface area contributed by atoms with E-state index >= 15 is 0 Å². The van der Waals surface area contributed by atoms with Crippen LogP contribution in [0.3, 0.4) is 0 Å². The summed E-state index contributed by atoms with van der Waals surface area (Å²) in [5, 5.41) is 22.9. The molecule has 0 bridgehead atoms. The number of hydrogen-bond donors (Lipinski definition) is 2. The molecule has 0 aromatic rings. The van der Waals surface area contributed by atoms with Crippen molar-refractivity contribution in [2.45, 2.75) is 95.5 Å². The number of aliphatic carboxylic acids is 1. The van der Waals surface area contributed by atoms with E-state index in [-0.39, 0.29) is 18.3 Å². The highest BCUT2D eigenvalue weighted by molar-refractivity contribution is 5.78. The van der Waals surface area contributed by atoms with Crippen LogP contribution in [0.25, 0.3) is 5.32 Å².